The van der Waals surface area contributed by atoms with Gasteiger partial charge in [0.1, 0.15) is 5.75 Å². The smallest absolute Gasteiger partial charge is 0.252 e. The van der Waals surface area contributed by atoms with E-state index in [1.54, 1.807) is 7.11 Å². The van der Waals surface area contributed by atoms with Gasteiger partial charge in [-0.15, -0.1) is 0 Å². The number of methoxy groups -OCH3 is 1. The van der Waals surface area contributed by atoms with Crippen molar-refractivity contribution in [3.63, 3.8) is 0 Å². The third-order valence-electron chi connectivity index (χ3n) is 4.00. The Bertz CT molecular complexity index is 906. The van der Waals surface area contributed by atoms with Crippen LogP contribution in [-0.4, -0.2) is 18.0 Å². The van der Waals surface area contributed by atoms with Crippen LogP contribution in [0.25, 0.3) is 10.9 Å². The van der Waals surface area contributed by atoms with Crippen molar-refractivity contribution in [3.8, 4) is 5.75 Å². The van der Waals surface area contributed by atoms with E-state index in [1.165, 1.54) is 6.20 Å². The summed E-state index contributed by atoms with van der Waals surface area (Å²) >= 11 is 0. The molecular weight excluding hydrogens is 302 g/mol. The normalized spacial score (nSPS) is 10.6. The van der Waals surface area contributed by atoms with Crippen LogP contribution in [-0.2, 0) is 6.42 Å². The first kappa shape index (κ1) is 15.8. The fourth-order valence-corrected chi connectivity index (χ4v) is 2.71. The van der Waals surface area contributed by atoms with Gasteiger partial charge >= 0.3 is 0 Å². The van der Waals surface area contributed by atoms with Crippen LogP contribution in [0.4, 0.5) is 11.4 Å². The highest BCUT2D eigenvalue weighted by molar-refractivity contribution is 6.07. The number of para-hydroxylation sites is 1. The number of benzene rings is 2. The van der Waals surface area contributed by atoms with Crippen LogP contribution in [0.2, 0.25) is 0 Å². The zero-order valence-electron chi connectivity index (χ0n) is 13.7. The number of carbonyl (C=O) groups is 1. The summed E-state index contributed by atoms with van der Waals surface area (Å²) in [7, 11) is 1.60. The van der Waals surface area contributed by atoms with Crippen LogP contribution < -0.4 is 15.8 Å². The number of carbonyl (C=O) groups excluding carboxylic acids is 1. The molecule has 0 spiro atoms. The molecule has 3 aromatic rings. The number of fused-ring (bicyclic) bond motifs is 1. The van der Waals surface area contributed by atoms with Gasteiger partial charge in [-0.05, 0) is 36.2 Å². The van der Waals surface area contributed by atoms with Gasteiger partial charge in [0.15, 0.2) is 0 Å². The zero-order chi connectivity index (χ0) is 17.1. The van der Waals surface area contributed by atoms with Gasteiger partial charge in [0, 0.05) is 17.3 Å². The van der Waals surface area contributed by atoms with E-state index in [9.17, 15) is 4.79 Å². The lowest BCUT2D eigenvalue weighted by Crippen LogP contribution is -2.14. The summed E-state index contributed by atoms with van der Waals surface area (Å²) in [6, 6.07) is 13.5. The first-order chi connectivity index (χ1) is 11.6. The highest BCUT2D eigenvalue weighted by Gasteiger charge is 2.15. The van der Waals surface area contributed by atoms with Gasteiger partial charge in [-0.3, -0.25) is 9.78 Å². The molecule has 1 aromatic heterocycles. The molecule has 1 heterocycles. The van der Waals surface area contributed by atoms with Crippen LogP contribution >= 0.6 is 0 Å². The second-order valence-corrected chi connectivity index (χ2v) is 5.43. The van der Waals surface area contributed by atoms with Crippen LogP contribution in [0.3, 0.4) is 0 Å². The maximum atomic E-state index is 11.9. The fourth-order valence-electron chi connectivity index (χ4n) is 2.71. The maximum absolute atomic E-state index is 11.9. The molecule has 0 unspecified atom stereocenters. The predicted molar refractivity (Wildman–Crippen MR) is 95.9 cm³/mol. The highest BCUT2D eigenvalue weighted by Crippen LogP contribution is 2.32. The van der Waals surface area contributed by atoms with Crippen LogP contribution in [0.15, 0.2) is 48.7 Å². The Balaban J connectivity index is 2.22. The summed E-state index contributed by atoms with van der Waals surface area (Å²) in [5.41, 5.74) is 9.40. The highest BCUT2D eigenvalue weighted by atomic mass is 16.5. The summed E-state index contributed by atoms with van der Waals surface area (Å²) in [5, 5.41) is 4.16. The quantitative estimate of drug-likeness (QED) is 0.752. The molecule has 0 saturated heterocycles. The van der Waals surface area contributed by atoms with Crippen molar-refractivity contribution in [2.24, 2.45) is 5.73 Å². The van der Waals surface area contributed by atoms with Gasteiger partial charge in [0.2, 0.25) is 0 Å². The molecule has 0 fully saturated rings. The number of hydrogen-bond donors (Lipinski definition) is 2. The number of aromatic nitrogens is 1. The van der Waals surface area contributed by atoms with Gasteiger partial charge in [-0.1, -0.05) is 25.1 Å². The molecule has 0 aliphatic rings. The zero-order valence-corrected chi connectivity index (χ0v) is 13.7. The summed E-state index contributed by atoms with van der Waals surface area (Å²) in [5.74, 6) is 0.168. The van der Waals surface area contributed by atoms with E-state index in [4.69, 9.17) is 10.5 Å². The van der Waals surface area contributed by atoms with Crippen molar-refractivity contribution in [1.82, 2.24) is 4.98 Å². The molecule has 0 aliphatic carbocycles. The molecule has 24 heavy (non-hydrogen) atoms. The maximum Gasteiger partial charge on any atom is 0.252 e. The number of anilines is 2. The van der Waals surface area contributed by atoms with Crippen molar-refractivity contribution in [2.45, 2.75) is 13.3 Å². The second kappa shape index (κ2) is 6.58. The topological polar surface area (TPSA) is 77.2 Å². The van der Waals surface area contributed by atoms with Gasteiger partial charge in [-0.2, -0.15) is 0 Å². The number of aryl methyl sites for hydroxylation is 1. The number of rotatable bonds is 5. The molecule has 0 aliphatic heterocycles. The Labute approximate surface area is 140 Å². The number of hydrogen-bond acceptors (Lipinski definition) is 4. The second-order valence-electron chi connectivity index (χ2n) is 5.43. The summed E-state index contributed by atoms with van der Waals surface area (Å²) in [6.45, 7) is 2.09. The minimum Gasteiger partial charge on any atom is -0.497 e. The minimum atomic E-state index is -0.524. The Morgan fingerprint density at radius 1 is 1.25 bits per heavy atom. The summed E-state index contributed by atoms with van der Waals surface area (Å²) in [6.07, 6.45) is 2.38. The lowest BCUT2D eigenvalue weighted by molar-refractivity contribution is 0.100. The van der Waals surface area contributed by atoms with Crippen LogP contribution in [0.5, 0.6) is 5.75 Å². The number of nitrogens with zero attached hydrogens (tertiary/aromatic N) is 1. The molecule has 3 N–H and O–H groups in total. The van der Waals surface area contributed by atoms with E-state index in [-0.39, 0.29) is 0 Å². The molecular formula is C19H19N3O2. The Morgan fingerprint density at radius 3 is 2.75 bits per heavy atom. The molecule has 0 atom stereocenters. The van der Waals surface area contributed by atoms with Gasteiger partial charge in [0.05, 0.1) is 23.9 Å². The van der Waals surface area contributed by atoms with Crippen LogP contribution in [0, 0.1) is 0 Å². The molecule has 5 heteroatoms. The molecule has 122 valence electrons. The van der Waals surface area contributed by atoms with Crippen molar-refractivity contribution in [2.75, 3.05) is 12.4 Å². The molecule has 2 aromatic carbocycles. The Morgan fingerprint density at radius 2 is 2.04 bits per heavy atom. The van der Waals surface area contributed by atoms with E-state index in [0.29, 0.717) is 17.0 Å². The molecule has 0 radical (unpaired) electrons. The standard InChI is InChI=1S/C19H19N3O2/c1-3-12-6-4-5-7-16(12)22-18-14-10-13(24-2)8-9-17(14)21-11-15(18)19(20)23/h4-11H,3H2,1-2H3,(H2,20,23)(H,21,22). The number of primary amides is 1. The number of ether oxygens (including phenoxy) is 1. The molecule has 3 rings (SSSR count). The van der Waals surface area contributed by atoms with E-state index in [1.807, 2.05) is 36.4 Å². The number of nitrogens with two attached hydrogens (primary N) is 1. The number of amides is 1. The first-order valence-electron chi connectivity index (χ1n) is 7.75. The molecule has 5 nitrogen and oxygen atoms in total. The monoisotopic (exact) mass is 321 g/mol. The largest absolute Gasteiger partial charge is 0.497 e. The van der Waals surface area contributed by atoms with Crippen molar-refractivity contribution in [3.05, 3.63) is 59.8 Å². The Hall–Kier alpha value is -3.08. The van der Waals surface area contributed by atoms with Crippen molar-refractivity contribution < 1.29 is 9.53 Å². The van der Waals surface area contributed by atoms with E-state index >= 15 is 0 Å². The van der Waals surface area contributed by atoms with Gasteiger partial charge in [-0.25, -0.2) is 0 Å². The van der Waals surface area contributed by atoms with Gasteiger partial charge < -0.3 is 15.8 Å². The van der Waals surface area contributed by atoms with E-state index in [2.05, 4.69) is 23.3 Å². The van der Waals surface area contributed by atoms with E-state index in [0.717, 1.165) is 28.6 Å². The number of pyridine rings is 1. The third kappa shape index (κ3) is 2.88. The van der Waals surface area contributed by atoms with Crippen molar-refractivity contribution in [1.29, 1.82) is 0 Å². The first-order valence-corrected chi connectivity index (χ1v) is 7.75. The molecule has 1 amide bonds. The minimum absolute atomic E-state index is 0.349. The average Bonchev–Trinajstić information content (AvgIpc) is 2.61. The average molecular weight is 321 g/mol. The predicted octanol–water partition coefficient (Wildman–Crippen LogP) is 3.65. The lowest BCUT2D eigenvalue weighted by atomic mass is 10.1. The van der Waals surface area contributed by atoms with E-state index < -0.39 is 5.91 Å². The molecule has 0 bridgehead atoms. The fraction of sp³-hybridized carbons (Fsp3) is 0.158. The third-order valence-corrected chi connectivity index (χ3v) is 4.00. The number of nitrogens with one attached hydrogen (secondary N) is 1. The SMILES string of the molecule is CCc1ccccc1Nc1c(C(N)=O)cnc2ccc(OC)cc12. The summed E-state index contributed by atoms with van der Waals surface area (Å²) < 4.78 is 5.30. The molecule has 0 saturated carbocycles. The van der Waals surface area contributed by atoms with Gasteiger partial charge in [0.25, 0.3) is 5.91 Å². The Kier molecular flexibility index (Phi) is 4.33. The van der Waals surface area contributed by atoms with Crippen LogP contribution in [0.1, 0.15) is 22.8 Å². The lowest BCUT2D eigenvalue weighted by Gasteiger charge is -2.16. The van der Waals surface area contributed by atoms with Crippen molar-refractivity contribution >= 4 is 28.2 Å². The summed E-state index contributed by atoms with van der Waals surface area (Å²) in [4.78, 5) is 16.2.